The predicted molar refractivity (Wildman–Crippen MR) is 74.3 cm³/mol. The highest BCUT2D eigenvalue weighted by atomic mass is 35.5. The Bertz CT molecular complexity index is 590. The lowest BCUT2D eigenvalue weighted by atomic mass is 10.1. The number of carbonyl (C=O) groups excluding carboxylic acids is 1. The normalized spacial score (nSPS) is 16.2. The highest BCUT2D eigenvalue weighted by Crippen LogP contribution is 2.27. The molecule has 0 unspecified atom stereocenters. The Labute approximate surface area is 116 Å². The van der Waals surface area contributed by atoms with Crippen LogP contribution in [-0.2, 0) is 9.63 Å². The van der Waals surface area contributed by atoms with Gasteiger partial charge in [-0.25, -0.2) is 4.79 Å². The third kappa shape index (κ3) is 3.03. The molecule has 0 bridgehead atoms. The van der Waals surface area contributed by atoms with Gasteiger partial charge in [-0.2, -0.15) is 0 Å². The fourth-order valence-electron chi connectivity index (χ4n) is 1.56. The fourth-order valence-corrected chi connectivity index (χ4v) is 1.80. The summed E-state index contributed by atoms with van der Waals surface area (Å²) in [5.41, 5.74) is 1.75. The van der Waals surface area contributed by atoms with Gasteiger partial charge in [0.05, 0.1) is 16.3 Å². The van der Waals surface area contributed by atoms with Crippen molar-refractivity contribution in [3.63, 3.8) is 0 Å². The predicted octanol–water partition coefficient (Wildman–Crippen LogP) is 3.22. The second kappa shape index (κ2) is 5.71. The van der Waals surface area contributed by atoms with Gasteiger partial charge in [-0.05, 0) is 30.7 Å². The molecule has 0 fully saturated rings. The second-order valence-electron chi connectivity index (χ2n) is 3.90. The second-order valence-corrected chi connectivity index (χ2v) is 4.31. The number of carbonyl (C=O) groups is 1. The molecule has 0 radical (unpaired) electrons. The lowest BCUT2D eigenvalue weighted by Gasteiger charge is -2.06. The molecule has 0 aromatic heterocycles. The van der Waals surface area contributed by atoms with E-state index < -0.39 is 5.97 Å². The Morgan fingerprint density at radius 3 is 2.89 bits per heavy atom. The smallest absolute Gasteiger partial charge is 0.367 e. The first-order chi connectivity index (χ1) is 9.11. The number of halogens is 1. The van der Waals surface area contributed by atoms with E-state index >= 15 is 0 Å². The van der Waals surface area contributed by atoms with Gasteiger partial charge in [0, 0.05) is 0 Å². The Balaban J connectivity index is 2.25. The van der Waals surface area contributed by atoms with Crippen LogP contribution >= 0.6 is 11.6 Å². The number of hydrogen-bond donors (Lipinski definition) is 0. The Kier molecular flexibility index (Phi) is 4.02. The van der Waals surface area contributed by atoms with E-state index in [2.05, 4.69) is 16.6 Å². The molecule has 0 atom stereocenters. The van der Waals surface area contributed by atoms with Crippen LogP contribution in [-0.4, -0.2) is 18.3 Å². The molecule has 1 heterocycles. The Morgan fingerprint density at radius 2 is 2.32 bits per heavy atom. The maximum Gasteiger partial charge on any atom is 0.367 e. The molecule has 0 spiro atoms. The maximum atomic E-state index is 11.4. The summed E-state index contributed by atoms with van der Waals surface area (Å²) in [6.07, 6.45) is 3.32. The molecule has 2 rings (SSSR count). The summed E-state index contributed by atoms with van der Waals surface area (Å²) in [6.45, 7) is 5.66. The van der Waals surface area contributed by atoms with Gasteiger partial charge in [0.25, 0.3) is 0 Å². The zero-order valence-corrected chi connectivity index (χ0v) is 11.1. The van der Waals surface area contributed by atoms with Crippen molar-refractivity contribution in [3.8, 4) is 5.75 Å². The first kappa shape index (κ1) is 13.4. The van der Waals surface area contributed by atoms with Gasteiger partial charge in [0.1, 0.15) is 12.4 Å². The number of hydrogen-bond acceptors (Lipinski definition) is 4. The molecular weight excluding hydrogens is 266 g/mol. The third-order valence-corrected chi connectivity index (χ3v) is 2.79. The first-order valence-corrected chi connectivity index (χ1v) is 6.01. The van der Waals surface area contributed by atoms with E-state index in [0.717, 1.165) is 5.56 Å². The van der Waals surface area contributed by atoms with E-state index in [1.807, 2.05) is 0 Å². The molecule has 1 aliphatic heterocycles. The zero-order valence-electron chi connectivity index (χ0n) is 10.4. The highest BCUT2D eigenvalue weighted by Gasteiger charge is 2.21. The summed E-state index contributed by atoms with van der Waals surface area (Å²) in [7, 11) is 0. The van der Waals surface area contributed by atoms with Gasteiger partial charge in [-0.1, -0.05) is 35.5 Å². The maximum absolute atomic E-state index is 11.4. The molecule has 1 aromatic carbocycles. The van der Waals surface area contributed by atoms with Gasteiger partial charge in [0.2, 0.25) is 0 Å². The van der Waals surface area contributed by atoms with Crippen LogP contribution in [0.25, 0.3) is 6.08 Å². The summed E-state index contributed by atoms with van der Waals surface area (Å²) in [5.74, 6) is 0.115. The SMILES string of the molecule is C=CCOc1ccc(/C=C2/C(=O)ON=C2C)cc1Cl. The molecule has 0 saturated carbocycles. The minimum absolute atomic E-state index is 0.387. The molecule has 19 heavy (non-hydrogen) atoms. The Hall–Kier alpha value is -2.07. The topological polar surface area (TPSA) is 47.9 Å². The molecule has 0 aliphatic carbocycles. The average molecular weight is 278 g/mol. The average Bonchev–Trinajstić information content (AvgIpc) is 2.70. The van der Waals surface area contributed by atoms with Crippen LogP contribution in [0, 0.1) is 0 Å². The van der Waals surface area contributed by atoms with Crippen LogP contribution in [0.5, 0.6) is 5.75 Å². The molecule has 0 saturated heterocycles. The molecule has 0 N–H and O–H groups in total. The summed E-state index contributed by atoms with van der Waals surface area (Å²) >= 11 is 6.09. The minimum Gasteiger partial charge on any atom is -0.488 e. The van der Waals surface area contributed by atoms with Crippen molar-refractivity contribution in [2.24, 2.45) is 5.16 Å². The van der Waals surface area contributed by atoms with Crippen molar-refractivity contribution < 1.29 is 14.4 Å². The van der Waals surface area contributed by atoms with Crippen LogP contribution in [0.1, 0.15) is 12.5 Å². The molecule has 1 aliphatic rings. The van der Waals surface area contributed by atoms with Crippen molar-refractivity contribution in [2.45, 2.75) is 6.92 Å². The zero-order chi connectivity index (χ0) is 13.8. The minimum atomic E-state index is -0.458. The number of oxime groups is 1. The monoisotopic (exact) mass is 277 g/mol. The van der Waals surface area contributed by atoms with Crippen LogP contribution < -0.4 is 4.74 Å². The van der Waals surface area contributed by atoms with Crippen molar-refractivity contribution >= 4 is 29.4 Å². The molecule has 1 aromatic rings. The van der Waals surface area contributed by atoms with Crippen LogP contribution in [0.4, 0.5) is 0 Å². The van der Waals surface area contributed by atoms with Gasteiger partial charge in [-0.3, -0.25) is 0 Å². The van der Waals surface area contributed by atoms with E-state index in [4.69, 9.17) is 16.3 Å². The van der Waals surface area contributed by atoms with E-state index in [1.165, 1.54) is 0 Å². The molecule has 98 valence electrons. The lowest BCUT2D eigenvalue weighted by Crippen LogP contribution is -2.01. The highest BCUT2D eigenvalue weighted by molar-refractivity contribution is 6.32. The quantitative estimate of drug-likeness (QED) is 0.482. The van der Waals surface area contributed by atoms with Crippen molar-refractivity contribution in [1.82, 2.24) is 0 Å². The number of ether oxygens (including phenoxy) is 1. The third-order valence-electron chi connectivity index (χ3n) is 2.50. The summed E-state index contributed by atoms with van der Waals surface area (Å²) in [6, 6.07) is 5.26. The van der Waals surface area contributed by atoms with Gasteiger partial charge < -0.3 is 9.57 Å². The summed E-state index contributed by atoms with van der Waals surface area (Å²) in [4.78, 5) is 16.0. The van der Waals surface area contributed by atoms with Crippen LogP contribution in [0.3, 0.4) is 0 Å². The molecule has 5 heteroatoms. The lowest BCUT2D eigenvalue weighted by molar-refractivity contribution is -0.136. The summed E-state index contributed by atoms with van der Waals surface area (Å²) in [5, 5.41) is 4.07. The number of rotatable bonds is 4. The van der Waals surface area contributed by atoms with Gasteiger partial charge in [0.15, 0.2) is 0 Å². The molecule has 0 amide bonds. The largest absolute Gasteiger partial charge is 0.488 e. The van der Waals surface area contributed by atoms with Crippen LogP contribution in [0.15, 0.2) is 41.6 Å². The fraction of sp³-hybridized carbons (Fsp3) is 0.143. The number of nitrogens with zero attached hydrogens (tertiary/aromatic N) is 1. The Morgan fingerprint density at radius 1 is 1.53 bits per heavy atom. The van der Waals surface area contributed by atoms with Gasteiger partial charge >= 0.3 is 5.97 Å². The van der Waals surface area contributed by atoms with E-state index in [0.29, 0.717) is 28.7 Å². The van der Waals surface area contributed by atoms with Crippen molar-refractivity contribution in [2.75, 3.05) is 6.61 Å². The molecular formula is C14H12ClNO3. The van der Waals surface area contributed by atoms with Crippen molar-refractivity contribution in [1.29, 1.82) is 0 Å². The van der Waals surface area contributed by atoms with Crippen molar-refractivity contribution in [3.05, 3.63) is 47.0 Å². The van der Waals surface area contributed by atoms with E-state index in [1.54, 1.807) is 37.3 Å². The standard InChI is InChI=1S/C14H12ClNO3/c1-3-6-18-13-5-4-10(8-12(13)15)7-11-9(2)16-19-14(11)17/h3-5,7-8H,1,6H2,2H3/b11-7+. The van der Waals surface area contributed by atoms with E-state index in [9.17, 15) is 4.79 Å². The molecule has 4 nitrogen and oxygen atoms in total. The van der Waals surface area contributed by atoms with E-state index in [-0.39, 0.29) is 0 Å². The first-order valence-electron chi connectivity index (χ1n) is 5.63. The van der Waals surface area contributed by atoms with Gasteiger partial charge in [-0.15, -0.1) is 0 Å². The number of benzene rings is 1. The van der Waals surface area contributed by atoms with Crippen LogP contribution in [0.2, 0.25) is 5.02 Å². The summed E-state index contributed by atoms with van der Waals surface area (Å²) < 4.78 is 5.37.